The number of nitrogens with two attached hydrogens (primary N) is 1. The van der Waals surface area contributed by atoms with Gasteiger partial charge in [0.2, 0.25) is 11.1 Å². The van der Waals surface area contributed by atoms with Gasteiger partial charge in [-0.3, -0.25) is 4.79 Å². The molecule has 0 spiro atoms. The van der Waals surface area contributed by atoms with E-state index in [4.69, 9.17) is 15.3 Å². The monoisotopic (exact) mass is 445 g/mol. The van der Waals surface area contributed by atoms with E-state index in [-0.39, 0.29) is 24.1 Å². The molecule has 31 heavy (non-hydrogen) atoms. The average molecular weight is 446 g/mol. The first kappa shape index (κ1) is 22.4. The number of amides is 1. The van der Waals surface area contributed by atoms with Crippen molar-refractivity contribution in [1.29, 1.82) is 0 Å². The molecular formula is C21H24FN5O3S. The predicted octanol–water partition coefficient (Wildman–Crippen LogP) is 2.86. The number of aromatic nitrogens is 3. The van der Waals surface area contributed by atoms with Crippen LogP contribution >= 0.6 is 11.8 Å². The molecule has 0 saturated carbocycles. The van der Waals surface area contributed by atoms with Gasteiger partial charge >= 0.3 is 0 Å². The highest BCUT2D eigenvalue weighted by atomic mass is 32.2. The summed E-state index contributed by atoms with van der Waals surface area (Å²) in [4.78, 5) is 14.2. The lowest BCUT2D eigenvalue weighted by Crippen LogP contribution is -2.32. The molecule has 8 nitrogen and oxygen atoms in total. The number of nitrogens with zero attached hydrogens (tertiary/aromatic N) is 4. The fourth-order valence-electron chi connectivity index (χ4n) is 2.79. The quantitative estimate of drug-likeness (QED) is 0.379. The summed E-state index contributed by atoms with van der Waals surface area (Å²) in [5.41, 5.74) is 0.735. The number of thioether (sulfide) groups is 1. The fourth-order valence-corrected chi connectivity index (χ4v) is 3.57. The molecule has 0 saturated heterocycles. The van der Waals surface area contributed by atoms with Crippen LogP contribution in [0.4, 0.5) is 4.39 Å². The summed E-state index contributed by atoms with van der Waals surface area (Å²) in [5.74, 6) is 7.48. The molecule has 0 unspecified atom stereocenters. The molecule has 0 aliphatic carbocycles. The second-order valence-corrected chi connectivity index (χ2v) is 7.51. The Morgan fingerprint density at radius 3 is 2.71 bits per heavy atom. The minimum atomic E-state index is -0.324. The number of methoxy groups -OCH3 is 1. The molecule has 0 radical (unpaired) electrons. The van der Waals surface area contributed by atoms with Crippen molar-refractivity contribution >= 4 is 17.7 Å². The molecule has 0 atom stereocenters. The number of carbonyl (C=O) groups excluding carboxylic acids is 1. The first-order valence-electron chi connectivity index (χ1n) is 9.61. The largest absolute Gasteiger partial charge is 0.497 e. The molecule has 10 heteroatoms. The zero-order valence-electron chi connectivity index (χ0n) is 17.3. The van der Waals surface area contributed by atoms with Gasteiger partial charge in [0.15, 0.2) is 5.82 Å². The van der Waals surface area contributed by atoms with Crippen LogP contribution in [0.5, 0.6) is 11.5 Å². The Balaban J connectivity index is 1.55. The first-order chi connectivity index (χ1) is 15.0. The maximum atomic E-state index is 13.4. The molecule has 3 rings (SSSR count). The van der Waals surface area contributed by atoms with Crippen molar-refractivity contribution in [2.45, 2.75) is 25.2 Å². The topological polar surface area (TPSA) is 95.5 Å². The number of hydrogen-bond donors (Lipinski definition) is 1. The second kappa shape index (κ2) is 10.7. The molecule has 1 aromatic heterocycles. The normalized spacial score (nSPS) is 10.7. The van der Waals surface area contributed by atoms with Crippen molar-refractivity contribution in [3.05, 3.63) is 65.7 Å². The van der Waals surface area contributed by atoms with Crippen LogP contribution in [-0.2, 0) is 17.9 Å². The molecule has 2 N–H and O–H groups in total. The van der Waals surface area contributed by atoms with Gasteiger partial charge in [0.1, 0.15) is 23.9 Å². The summed E-state index contributed by atoms with van der Waals surface area (Å²) in [6.45, 7) is 2.83. The summed E-state index contributed by atoms with van der Waals surface area (Å²) in [6, 6.07) is 13.4. The van der Waals surface area contributed by atoms with Gasteiger partial charge in [-0.05, 0) is 36.8 Å². The van der Waals surface area contributed by atoms with Crippen LogP contribution < -0.4 is 15.3 Å². The average Bonchev–Trinajstić information content (AvgIpc) is 3.13. The maximum Gasteiger partial charge on any atom is 0.233 e. The first-order valence-corrected chi connectivity index (χ1v) is 10.6. The summed E-state index contributed by atoms with van der Waals surface area (Å²) in [6.07, 6.45) is 0. The Labute approximate surface area is 184 Å². The van der Waals surface area contributed by atoms with Crippen molar-refractivity contribution in [3.63, 3.8) is 0 Å². The Morgan fingerprint density at radius 2 is 1.97 bits per heavy atom. The van der Waals surface area contributed by atoms with Gasteiger partial charge in [-0.25, -0.2) is 9.07 Å². The third kappa shape index (κ3) is 6.11. The van der Waals surface area contributed by atoms with Gasteiger partial charge in [-0.1, -0.05) is 30.0 Å². The van der Waals surface area contributed by atoms with E-state index in [0.29, 0.717) is 35.6 Å². The van der Waals surface area contributed by atoms with Crippen LogP contribution in [-0.4, -0.2) is 45.1 Å². The van der Waals surface area contributed by atoms with Crippen molar-refractivity contribution in [1.82, 2.24) is 19.8 Å². The Morgan fingerprint density at radius 1 is 1.19 bits per heavy atom. The summed E-state index contributed by atoms with van der Waals surface area (Å²) in [7, 11) is 1.58. The van der Waals surface area contributed by atoms with Gasteiger partial charge in [0, 0.05) is 19.2 Å². The Hall–Kier alpha value is -3.27. The molecule has 1 heterocycles. The van der Waals surface area contributed by atoms with E-state index in [0.717, 1.165) is 5.56 Å². The smallest absolute Gasteiger partial charge is 0.233 e. The van der Waals surface area contributed by atoms with E-state index < -0.39 is 0 Å². The Bertz CT molecular complexity index is 1030. The van der Waals surface area contributed by atoms with Crippen LogP contribution in [0.15, 0.2) is 53.7 Å². The van der Waals surface area contributed by atoms with E-state index in [1.165, 1.54) is 28.6 Å². The third-order valence-corrected chi connectivity index (χ3v) is 5.39. The number of halogens is 1. The summed E-state index contributed by atoms with van der Waals surface area (Å²) >= 11 is 1.18. The standard InChI is InChI=1S/C21H24FN5O3S/c1-3-26(12-15-6-4-7-16(22)10-15)20(28)14-31-21-25-24-19(27(21)23)13-30-18-9-5-8-17(11-18)29-2/h4-11H,3,12-14,23H2,1-2H3. The third-order valence-electron chi connectivity index (χ3n) is 4.47. The molecule has 0 aliphatic heterocycles. The molecular weight excluding hydrogens is 421 g/mol. The zero-order valence-corrected chi connectivity index (χ0v) is 18.1. The van der Waals surface area contributed by atoms with Crippen LogP contribution in [0, 0.1) is 5.82 Å². The second-order valence-electron chi connectivity index (χ2n) is 6.56. The predicted molar refractivity (Wildman–Crippen MR) is 116 cm³/mol. The van der Waals surface area contributed by atoms with Gasteiger partial charge in [0.05, 0.1) is 12.9 Å². The zero-order chi connectivity index (χ0) is 22.2. The highest BCUT2D eigenvalue weighted by molar-refractivity contribution is 7.99. The minimum absolute atomic E-state index is 0.103. The lowest BCUT2D eigenvalue weighted by molar-refractivity contribution is -0.128. The van der Waals surface area contributed by atoms with Gasteiger partial charge in [-0.15, -0.1) is 10.2 Å². The number of hydrogen-bond acceptors (Lipinski definition) is 7. The van der Waals surface area contributed by atoms with Crippen molar-refractivity contribution in [2.24, 2.45) is 0 Å². The molecule has 1 amide bonds. The highest BCUT2D eigenvalue weighted by Gasteiger charge is 2.17. The lowest BCUT2D eigenvalue weighted by Gasteiger charge is -2.20. The minimum Gasteiger partial charge on any atom is -0.497 e. The fraction of sp³-hybridized carbons (Fsp3) is 0.286. The molecule has 0 bridgehead atoms. The SMILES string of the molecule is CCN(Cc1cccc(F)c1)C(=O)CSc1nnc(COc2cccc(OC)c2)n1N. The number of benzene rings is 2. The van der Waals surface area contributed by atoms with E-state index in [2.05, 4.69) is 10.2 Å². The number of nitrogen functional groups attached to an aromatic ring is 1. The van der Waals surface area contributed by atoms with Crippen LogP contribution in [0.25, 0.3) is 0 Å². The van der Waals surface area contributed by atoms with E-state index in [1.807, 2.05) is 19.1 Å². The van der Waals surface area contributed by atoms with Crippen molar-refractivity contribution < 1.29 is 18.7 Å². The van der Waals surface area contributed by atoms with Crippen molar-refractivity contribution in [3.8, 4) is 11.5 Å². The molecule has 0 fully saturated rings. The maximum absolute atomic E-state index is 13.4. The molecule has 3 aromatic rings. The van der Waals surface area contributed by atoms with Crippen molar-refractivity contribution in [2.75, 3.05) is 25.3 Å². The number of rotatable bonds is 10. The molecule has 2 aromatic carbocycles. The van der Waals surface area contributed by atoms with Gasteiger partial charge in [-0.2, -0.15) is 0 Å². The summed E-state index contributed by atoms with van der Waals surface area (Å²) < 4.78 is 25.6. The van der Waals surface area contributed by atoms with Crippen LogP contribution in [0.3, 0.4) is 0 Å². The molecule has 164 valence electrons. The number of ether oxygens (including phenoxy) is 2. The highest BCUT2D eigenvalue weighted by Crippen LogP contribution is 2.21. The number of carbonyl (C=O) groups is 1. The lowest BCUT2D eigenvalue weighted by atomic mass is 10.2. The van der Waals surface area contributed by atoms with E-state index in [1.54, 1.807) is 36.3 Å². The van der Waals surface area contributed by atoms with E-state index in [9.17, 15) is 9.18 Å². The summed E-state index contributed by atoms with van der Waals surface area (Å²) in [5, 5.41) is 8.48. The van der Waals surface area contributed by atoms with Crippen LogP contribution in [0.2, 0.25) is 0 Å². The Kier molecular flexibility index (Phi) is 7.71. The van der Waals surface area contributed by atoms with Crippen LogP contribution in [0.1, 0.15) is 18.3 Å². The van der Waals surface area contributed by atoms with Gasteiger partial charge < -0.3 is 20.2 Å². The van der Waals surface area contributed by atoms with Gasteiger partial charge in [0.25, 0.3) is 0 Å². The van der Waals surface area contributed by atoms with E-state index >= 15 is 0 Å². The molecule has 0 aliphatic rings.